The summed E-state index contributed by atoms with van der Waals surface area (Å²) in [5, 5.41) is 10.1. The van der Waals surface area contributed by atoms with Crippen molar-refractivity contribution in [2.24, 2.45) is 10.7 Å². The van der Waals surface area contributed by atoms with Gasteiger partial charge < -0.3 is 15.8 Å². The molecule has 1 atom stereocenters. The van der Waals surface area contributed by atoms with Crippen LogP contribution in [-0.4, -0.2) is 21.3 Å². The predicted molar refractivity (Wildman–Crippen MR) is 70.5 cm³/mol. The van der Waals surface area contributed by atoms with Gasteiger partial charge in [0.25, 0.3) is 0 Å². The van der Waals surface area contributed by atoms with Crippen LogP contribution in [0, 0.1) is 11.6 Å². The highest BCUT2D eigenvalue weighted by Gasteiger charge is 2.21. The van der Waals surface area contributed by atoms with E-state index < -0.39 is 17.7 Å². The molecule has 20 heavy (non-hydrogen) atoms. The molecule has 0 bridgehead atoms. The maximum absolute atomic E-state index is 13.8. The minimum absolute atomic E-state index is 0.0977. The molecule has 0 fully saturated rings. The Hall–Kier alpha value is -2.54. The van der Waals surface area contributed by atoms with Gasteiger partial charge in [-0.15, -0.1) is 0 Å². The Bertz CT molecular complexity index is 638. The average Bonchev–Trinajstić information content (AvgIpc) is 2.97. The second-order valence-electron chi connectivity index (χ2n) is 3.84. The fraction of sp³-hybridized carbons (Fsp3) is 0.0769. The number of imidazole rings is 1. The van der Waals surface area contributed by atoms with Crippen molar-refractivity contribution < 1.29 is 13.9 Å². The van der Waals surface area contributed by atoms with Gasteiger partial charge in [0.2, 0.25) is 0 Å². The first-order valence-electron chi connectivity index (χ1n) is 5.71. The Morgan fingerprint density at radius 2 is 2.20 bits per heavy atom. The summed E-state index contributed by atoms with van der Waals surface area (Å²) in [6.07, 6.45) is 5.47. The Morgan fingerprint density at radius 1 is 1.40 bits per heavy atom. The summed E-state index contributed by atoms with van der Waals surface area (Å²) >= 11 is 0. The van der Waals surface area contributed by atoms with E-state index in [2.05, 4.69) is 15.0 Å². The molecule has 2 rings (SSSR count). The number of hydrogen-bond acceptors (Lipinski definition) is 4. The molecule has 1 unspecified atom stereocenters. The van der Waals surface area contributed by atoms with Crippen LogP contribution in [0.5, 0.6) is 0 Å². The summed E-state index contributed by atoms with van der Waals surface area (Å²) in [5.74, 6) is -1.99. The Balaban J connectivity index is 2.49. The minimum Gasteiger partial charge on any atom is -0.405 e. The molecule has 1 aromatic carbocycles. The van der Waals surface area contributed by atoms with Gasteiger partial charge in [-0.25, -0.2) is 13.8 Å². The zero-order chi connectivity index (χ0) is 14.5. The van der Waals surface area contributed by atoms with E-state index >= 15 is 0 Å². The molecule has 0 spiro atoms. The molecule has 0 aliphatic heterocycles. The first kappa shape index (κ1) is 13.9. The highest BCUT2D eigenvalue weighted by molar-refractivity contribution is 5.75. The van der Waals surface area contributed by atoms with Crippen molar-refractivity contribution in [1.82, 2.24) is 9.97 Å². The molecule has 0 aliphatic carbocycles. The minimum atomic E-state index is -1.24. The lowest BCUT2D eigenvalue weighted by Crippen LogP contribution is -2.04. The highest BCUT2D eigenvalue weighted by Crippen LogP contribution is 2.32. The van der Waals surface area contributed by atoms with E-state index in [4.69, 9.17) is 5.73 Å². The number of benzene rings is 1. The van der Waals surface area contributed by atoms with E-state index in [1.807, 2.05) is 0 Å². The first-order chi connectivity index (χ1) is 9.65. The fourth-order valence-electron chi connectivity index (χ4n) is 1.65. The number of aromatic amines is 1. The lowest BCUT2D eigenvalue weighted by Gasteiger charge is -2.12. The van der Waals surface area contributed by atoms with Gasteiger partial charge in [0.05, 0.1) is 0 Å². The lowest BCUT2D eigenvalue weighted by molar-refractivity contribution is 0.211. The molecule has 0 saturated heterocycles. The number of nitrogens with two attached hydrogens (primary N) is 1. The number of aliphatic hydroxyl groups is 1. The second-order valence-corrected chi connectivity index (χ2v) is 3.84. The Labute approximate surface area is 113 Å². The number of allylic oxidation sites excluding steroid dienone is 1. The Kier molecular flexibility index (Phi) is 4.21. The van der Waals surface area contributed by atoms with Gasteiger partial charge in [-0.3, -0.25) is 4.99 Å². The van der Waals surface area contributed by atoms with Crippen molar-refractivity contribution in [3.63, 3.8) is 0 Å². The number of halogens is 2. The van der Waals surface area contributed by atoms with Crippen LogP contribution in [0.1, 0.15) is 17.5 Å². The summed E-state index contributed by atoms with van der Waals surface area (Å²) < 4.78 is 27.1. The van der Waals surface area contributed by atoms with Crippen molar-refractivity contribution in [3.05, 3.63) is 59.8 Å². The number of nitrogens with zero attached hydrogens (tertiary/aromatic N) is 2. The molecular weight excluding hydrogens is 266 g/mol. The molecule has 0 saturated carbocycles. The predicted octanol–water partition coefficient (Wildman–Crippen LogP) is 1.94. The van der Waals surface area contributed by atoms with Crippen LogP contribution in [-0.2, 0) is 0 Å². The van der Waals surface area contributed by atoms with Gasteiger partial charge in [-0.05, 0) is 18.3 Å². The summed E-state index contributed by atoms with van der Waals surface area (Å²) in [4.78, 5) is 10.4. The van der Waals surface area contributed by atoms with Gasteiger partial charge in [0.1, 0.15) is 17.6 Å². The van der Waals surface area contributed by atoms with Gasteiger partial charge in [-0.1, -0.05) is 6.07 Å². The molecule has 1 heterocycles. The molecule has 2 aromatic rings. The number of aromatic nitrogens is 2. The lowest BCUT2D eigenvalue weighted by atomic mass is 10.1. The zero-order valence-electron chi connectivity index (χ0n) is 10.3. The number of H-pyrrole nitrogens is 1. The molecule has 0 aliphatic rings. The zero-order valence-corrected chi connectivity index (χ0v) is 10.3. The first-order valence-corrected chi connectivity index (χ1v) is 5.71. The highest BCUT2D eigenvalue weighted by atomic mass is 19.2. The SMILES string of the molecule is NC=CC=Nc1c(C(O)c2ncc[nH]2)ccc(F)c1F. The van der Waals surface area contributed by atoms with Gasteiger partial charge >= 0.3 is 0 Å². The largest absolute Gasteiger partial charge is 0.405 e. The monoisotopic (exact) mass is 278 g/mol. The van der Waals surface area contributed by atoms with E-state index in [1.54, 1.807) is 0 Å². The summed E-state index contributed by atoms with van der Waals surface area (Å²) in [7, 11) is 0. The van der Waals surface area contributed by atoms with Crippen molar-refractivity contribution >= 4 is 11.9 Å². The molecule has 0 amide bonds. The third-order valence-electron chi connectivity index (χ3n) is 2.57. The maximum atomic E-state index is 13.8. The van der Waals surface area contributed by atoms with Crippen molar-refractivity contribution in [1.29, 1.82) is 0 Å². The van der Waals surface area contributed by atoms with Crippen LogP contribution in [0.3, 0.4) is 0 Å². The fourth-order valence-corrected chi connectivity index (χ4v) is 1.65. The van der Waals surface area contributed by atoms with Gasteiger partial charge in [0.15, 0.2) is 11.6 Å². The smallest absolute Gasteiger partial charge is 0.184 e. The summed E-state index contributed by atoms with van der Waals surface area (Å²) in [6, 6.07) is 2.18. The summed E-state index contributed by atoms with van der Waals surface area (Å²) in [5.41, 5.74) is 4.93. The van der Waals surface area contributed by atoms with Gasteiger partial charge in [0, 0.05) is 24.2 Å². The Morgan fingerprint density at radius 3 is 2.85 bits per heavy atom. The number of nitrogens with one attached hydrogen (secondary N) is 1. The number of aliphatic hydroxyl groups excluding tert-OH is 1. The van der Waals surface area contributed by atoms with Gasteiger partial charge in [-0.2, -0.15) is 0 Å². The van der Waals surface area contributed by atoms with Crippen LogP contribution in [0.25, 0.3) is 0 Å². The quantitative estimate of drug-likeness (QED) is 0.747. The molecule has 4 N–H and O–H groups in total. The molecular formula is C13H12F2N4O. The van der Waals surface area contributed by atoms with Crippen molar-refractivity contribution in [2.75, 3.05) is 0 Å². The van der Waals surface area contributed by atoms with E-state index in [-0.39, 0.29) is 17.1 Å². The second kappa shape index (κ2) is 6.07. The van der Waals surface area contributed by atoms with E-state index in [9.17, 15) is 13.9 Å². The molecule has 5 nitrogen and oxygen atoms in total. The topological polar surface area (TPSA) is 87.3 Å². The van der Waals surface area contributed by atoms with Crippen LogP contribution in [0.4, 0.5) is 14.5 Å². The van der Waals surface area contributed by atoms with Crippen molar-refractivity contribution in [3.8, 4) is 0 Å². The third kappa shape index (κ3) is 2.72. The molecule has 1 aromatic heterocycles. The van der Waals surface area contributed by atoms with Crippen LogP contribution >= 0.6 is 0 Å². The van der Waals surface area contributed by atoms with Crippen LogP contribution in [0.15, 0.2) is 41.8 Å². The number of hydrogen-bond donors (Lipinski definition) is 3. The standard InChI is InChI=1S/C13H12F2N4O/c14-9-3-2-8(12(20)13-18-6-7-19-13)11(10(9)15)17-5-1-4-16/h1-7,12,20H,16H2,(H,18,19). The van der Waals surface area contributed by atoms with E-state index in [1.165, 1.54) is 37.0 Å². The van der Waals surface area contributed by atoms with Crippen LogP contribution < -0.4 is 5.73 Å². The number of aliphatic imine (C=N–C) groups is 1. The van der Waals surface area contributed by atoms with E-state index in [0.717, 1.165) is 6.07 Å². The van der Waals surface area contributed by atoms with E-state index in [0.29, 0.717) is 0 Å². The van der Waals surface area contributed by atoms with Crippen molar-refractivity contribution in [2.45, 2.75) is 6.10 Å². The summed E-state index contributed by atoms with van der Waals surface area (Å²) in [6.45, 7) is 0. The molecule has 0 radical (unpaired) electrons. The average molecular weight is 278 g/mol. The number of rotatable bonds is 4. The van der Waals surface area contributed by atoms with Crippen LogP contribution in [0.2, 0.25) is 0 Å². The maximum Gasteiger partial charge on any atom is 0.184 e. The molecule has 7 heteroatoms. The third-order valence-corrected chi connectivity index (χ3v) is 2.57. The molecule has 104 valence electrons. The normalized spacial score (nSPS) is 13.3.